The van der Waals surface area contributed by atoms with E-state index in [1.54, 1.807) is 0 Å². The number of nitrogens with zero attached hydrogens (tertiary/aromatic N) is 1. The molecule has 0 saturated carbocycles. The Kier molecular flexibility index (Phi) is 3.28. The first kappa shape index (κ1) is 13.5. The van der Waals surface area contributed by atoms with Gasteiger partial charge in [-0.2, -0.15) is 5.26 Å². The maximum Gasteiger partial charge on any atom is 0.129 e. The molecule has 0 atom stereocenters. The molecule has 0 aliphatic carbocycles. The molecule has 3 nitrogen and oxygen atoms in total. The highest BCUT2D eigenvalue weighted by Crippen LogP contribution is 2.46. The molecule has 0 spiro atoms. The van der Waals surface area contributed by atoms with Crippen LogP contribution in [0.2, 0.25) is 0 Å². The van der Waals surface area contributed by atoms with Crippen molar-refractivity contribution in [1.82, 2.24) is 0 Å². The van der Waals surface area contributed by atoms with E-state index in [0.717, 1.165) is 33.1 Å². The normalized spacial score (nSPS) is 10.5. The van der Waals surface area contributed by atoms with Crippen LogP contribution < -0.4 is 5.73 Å². The van der Waals surface area contributed by atoms with E-state index in [1.807, 2.05) is 50.2 Å². The van der Waals surface area contributed by atoms with Crippen molar-refractivity contribution < 1.29 is 4.42 Å². The molecule has 1 aromatic carbocycles. The maximum absolute atomic E-state index is 9.28. The summed E-state index contributed by atoms with van der Waals surface area (Å²) in [7, 11) is 0. The van der Waals surface area contributed by atoms with Crippen LogP contribution in [0.15, 0.2) is 40.8 Å². The smallest absolute Gasteiger partial charge is 0.129 e. The molecule has 3 aromatic rings. The number of hydrogen-bond donors (Lipinski definition) is 1. The van der Waals surface area contributed by atoms with Gasteiger partial charge >= 0.3 is 0 Å². The Morgan fingerprint density at radius 1 is 1.19 bits per heavy atom. The third kappa shape index (κ3) is 2.22. The monoisotopic (exact) mass is 294 g/mol. The van der Waals surface area contributed by atoms with Crippen molar-refractivity contribution >= 4 is 17.0 Å². The van der Waals surface area contributed by atoms with Crippen molar-refractivity contribution in [1.29, 1.82) is 5.26 Å². The zero-order chi connectivity index (χ0) is 15.0. The van der Waals surface area contributed by atoms with Crippen molar-refractivity contribution in [3.8, 4) is 27.6 Å². The second-order valence-electron chi connectivity index (χ2n) is 4.85. The van der Waals surface area contributed by atoms with E-state index in [2.05, 4.69) is 6.07 Å². The van der Waals surface area contributed by atoms with Gasteiger partial charge in [-0.1, -0.05) is 30.3 Å². The average molecular weight is 294 g/mol. The van der Waals surface area contributed by atoms with Crippen LogP contribution in [0.25, 0.3) is 21.6 Å². The molecule has 104 valence electrons. The van der Waals surface area contributed by atoms with E-state index in [-0.39, 0.29) is 0 Å². The summed E-state index contributed by atoms with van der Waals surface area (Å²) in [5, 5.41) is 9.28. The van der Waals surface area contributed by atoms with Crippen LogP contribution >= 0.6 is 11.3 Å². The largest absolute Gasteiger partial charge is 0.466 e. The summed E-state index contributed by atoms with van der Waals surface area (Å²) in [4.78, 5) is 1.53. The molecule has 0 bridgehead atoms. The van der Waals surface area contributed by atoms with Crippen LogP contribution in [0.1, 0.15) is 16.4 Å². The van der Waals surface area contributed by atoms with Crippen LogP contribution in [0.5, 0.6) is 0 Å². The van der Waals surface area contributed by atoms with E-state index in [0.29, 0.717) is 10.6 Å². The predicted molar refractivity (Wildman–Crippen MR) is 86.1 cm³/mol. The topological polar surface area (TPSA) is 63.0 Å². The molecule has 0 radical (unpaired) electrons. The summed E-state index contributed by atoms with van der Waals surface area (Å²) >= 11 is 1.42. The molecule has 0 aliphatic heterocycles. The van der Waals surface area contributed by atoms with Crippen LogP contribution in [0, 0.1) is 25.2 Å². The minimum atomic E-state index is 0.543. The highest BCUT2D eigenvalue weighted by Gasteiger charge is 2.21. The first-order chi connectivity index (χ1) is 10.1. The Labute approximate surface area is 127 Å². The third-order valence-electron chi connectivity index (χ3n) is 3.39. The van der Waals surface area contributed by atoms with Gasteiger partial charge in [0.25, 0.3) is 0 Å². The highest BCUT2D eigenvalue weighted by molar-refractivity contribution is 7.17. The molecule has 2 aromatic heterocycles. The lowest BCUT2D eigenvalue weighted by molar-refractivity contribution is 0.505. The second-order valence-corrected chi connectivity index (χ2v) is 5.87. The third-order valence-corrected chi connectivity index (χ3v) is 4.54. The number of aryl methyl sites for hydroxylation is 2. The number of rotatable bonds is 2. The maximum atomic E-state index is 9.28. The number of benzene rings is 1. The summed E-state index contributed by atoms with van der Waals surface area (Å²) in [6.07, 6.45) is 0. The van der Waals surface area contributed by atoms with Gasteiger partial charge in [0.1, 0.15) is 22.5 Å². The first-order valence-corrected chi connectivity index (χ1v) is 7.38. The summed E-state index contributed by atoms with van der Waals surface area (Å²) in [5.74, 6) is 1.70. The van der Waals surface area contributed by atoms with E-state index in [1.165, 1.54) is 11.3 Å². The Bertz CT molecular complexity index is 838. The molecule has 0 unspecified atom stereocenters. The Morgan fingerprint density at radius 3 is 2.48 bits per heavy atom. The number of nitrogens with two attached hydrogens (primary N) is 1. The number of anilines is 1. The highest BCUT2D eigenvalue weighted by atomic mass is 32.1. The number of thiophene rings is 1. The van der Waals surface area contributed by atoms with Gasteiger partial charge < -0.3 is 10.2 Å². The van der Waals surface area contributed by atoms with Crippen LogP contribution in [-0.4, -0.2) is 0 Å². The Balaban J connectivity index is 2.31. The van der Waals surface area contributed by atoms with Crippen molar-refractivity contribution in [2.75, 3.05) is 5.73 Å². The van der Waals surface area contributed by atoms with E-state index >= 15 is 0 Å². The molecule has 2 heterocycles. The molecule has 2 N–H and O–H groups in total. The fourth-order valence-corrected chi connectivity index (χ4v) is 3.57. The van der Waals surface area contributed by atoms with Gasteiger partial charge in [-0.25, -0.2) is 0 Å². The molecule has 0 aliphatic rings. The number of furan rings is 1. The summed E-state index contributed by atoms with van der Waals surface area (Å²) in [5.41, 5.74) is 9.68. The molecule has 21 heavy (non-hydrogen) atoms. The molecule has 4 heteroatoms. The zero-order valence-corrected chi connectivity index (χ0v) is 12.6. The predicted octanol–water partition coefficient (Wildman–Crippen LogP) is 4.75. The Morgan fingerprint density at radius 2 is 1.90 bits per heavy atom. The fourth-order valence-electron chi connectivity index (χ4n) is 2.46. The zero-order valence-electron chi connectivity index (χ0n) is 11.8. The van der Waals surface area contributed by atoms with E-state index in [4.69, 9.17) is 10.2 Å². The summed E-state index contributed by atoms with van der Waals surface area (Å²) in [6, 6.07) is 14.1. The van der Waals surface area contributed by atoms with Gasteiger partial charge in [-0.05, 0) is 25.5 Å². The van der Waals surface area contributed by atoms with Crippen molar-refractivity contribution in [3.63, 3.8) is 0 Å². The number of hydrogen-bond acceptors (Lipinski definition) is 4. The Hall–Kier alpha value is -2.51. The summed E-state index contributed by atoms with van der Waals surface area (Å²) in [6.45, 7) is 3.85. The number of nitriles is 1. The molecule has 0 amide bonds. The van der Waals surface area contributed by atoms with Crippen LogP contribution in [0.3, 0.4) is 0 Å². The van der Waals surface area contributed by atoms with Gasteiger partial charge in [0.05, 0.1) is 5.69 Å². The van der Waals surface area contributed by atoms with E-state index in [9.17, 15) is 5.26 Å². The minimum Gasteiger partial charge on any atom is -0.466 e. The van der Waals surface area contributed by atoms with Crippen molar-refractivity contribution in [3.05, 3.63) is 52.8 Å². The fraction of sp³-hybridized carbons (Fsp3) is 0.118. The average Bonchev–Trinajstić information content (AvgIpc) is 2.99. The molecular formula is C17H14N2OS. The van der Waals surface area contributed by atoms with E-state index < -0.39 is 0 Å². The van der Waals surface area contributed by atoms with Crippen molar-refractivity contribution in [2.45, 2.75) is 13.8 Å². The molecule has 3 rings (SSSR count). The molecular weight excluding hydrogens is 280 g/mol. The van der Waals surface area contributed by atoms with Gasteiger partial charge in [0.15, 0.2) is 0 Å². The lowest BCUT2D eigenvalue weighted by atomic mass is 10.0. The van der Waals surface area contributed by atoms with Crippen molar-refractivity contribution in [2.24, 2.45) is 0 Å². The molecule has 0 saturated heterocycles. The second kappa shape index (κ2) is 5.12. The summed E-state index contributed by atoms with van der Waals surface area (Å²) < 4.78 is 5.63. The quantitative estimate of drug-likeness (QED) is 0.742. The van der Waals surface area contributed by atoms with Crippen LogP contribution in [0.4, 0.5) is 5.69 Å². The van der Waals surface area contributed by atoms with Gasteiger partial charge in [0, 0.05) is 16.0 Å². The lowest BCUT2D eigenvalue weighted by Crippen LogP contribution is -1.89. The minimum absolute atomic E-state index is 0.543. The SMILES string of the molecule is Cc1cc(-c2sc(C#N)c(N)c2-c2ccccc2)c(C)o1. The van der Waals surface area contributed by atoms with Gasteiger partial charge in [0.2, 0.25) is 0 Å². The van der Waals surface area contributed by atoms with Gasteiger partial charge in [-0.15, -0.1) is 11.3 Å². The first-order valence-electron chi connectivity index (χ1n) is 6.57. The lowest BCUT2D eigenvalue weighted by Gasteiger charge is -2.04. The number of nitrogen functional groups attached to an aromatic ring is 1. The molecule has 0 fully saturated rings. The van der Waals surface area contributed by atoms with Crippen LogP contribution in [-0.2, 0) is 0 Å². The standard InChI is InChI=1S/C17H14N2OS/c1-10-8-13(11(2)20-10)17-15(12-6-4-3-5-7-12)16(19)14(9-18)21-17/h3-8H,19H2,1-2H3. The van der Waals surface area contributed by atoms with Gasteiger partial charge in [-0.3, -0.25) is 0 Å².